The van der Waals surface area contributed by atoms with Gasteiger partial charge in [0.15, 0.2) is 11.6 Å². The molecule has 1 heterocycles. The van der Waals surface area contributed by atoms with Gasteiger partial charge in [-0.3, -0.25) is 9.59 Å². The van der Waals surface area contributed by atoms with Crippen molar-refractivity contribution in [2.75, 3.05) is 6.54 Å². The fourth-order valence-electron chi connectivity index (χ4n) is 1.78. The summed E-state index contributed by atoms with van der Waals surface area (Å²) < 4.78 is 25.7. The van der Waals surface area contributed by atoms with Crippen molar-refractivity contribution in [2.45, 2.75) is 19.4 Å². The van der Waals surface area contributed by atoms with Crippen molar-refractivity contribution < 1.29 is 18.4 Å². The minimum absolute atomic E-state index is 0.0727. The number of benzene rings is 1. The van der Waals surface area contributed by atoms with Crippen LogP contribution >= 0.6 is 0 Å². The van der Waals surface area contributed by atoms with Gasteiger partial charge in [-0.1, -0.05) is 6.07 Å². The molecule has 1 aliphatic heterocycles. The Bertz CT molecular complexity index is 474. The summed E-state index contributed by atoms with van der Waals surface area (Å²) in [5.41, 5.74) is 0.520. The number of Topliss-reactive ketones (excluding diaryl/α,β-unsaturated/α-hetero) is 1. The predicted molar refractivity (Wildman–Crippen MR) is 56.0 cm³/mol. The number of carbonyl (C=O) groups is 2. The molecule has 1 saturated heterocycles. The molecule has 5 heteroatoms. The largest absolute Gasteiger partial charge is 0.338 e. The molecule has 2 rings (SSSR count). The maximum atomic E-state index is 13.0. The van der Waals surface area contributed by atoms with Crippen molar-refractivity contribution in [3.05, 3.63) is 35.4 Å². The molecule has 1 amide bonds. The zero-order valence-electron chi connectivity index (χ0n) is 9.08. The van der Waals surface area contributed by atoms with E-state index in [2.05, 4.69) is 0 Å². The van der Waals surface area contributed by atoms with Crippen LogP contribution in [-0.4, -0.2) is 23.1 Å². The Morgan fingerprint density at radius 2 is 1.94 bits per heavy atom. The Morgan fingerprint density at radius 3 is 2.59 bits per heavy atom. The second kappa shape index (κ2) is 4.61. The Kier molecular flexibility index (Phi) is 3.17. The number of rotatable bonds is 2. The highest BCUT2D eigenvalue weighted by molar-refractivity contribution is 6.00. The molecule has 17 heavy (non-hydrogen) atoms. The first-order valence-corrected chi connectivity index (χ1v) is 5.29. The van der Waals surface area contributed by atoms with Crippen LogP contribution in [0.15, 0.2) is 18.2 Å². The number of likely N-dealkylation sites (tertiary alicyclic amines) is 1. The summed E-state index contributed by atoms with van der Waals surface area (Å²) in [5, 5.41) is 0. The number of hydrogen-bond acceptors (Lipinski definition) is 2. The minimum Gasteiger partial charge on any atom is -0.338 e. The SMILES string of the molecule is O=C1CCN(Cc2ccc(F)c(F)c2)C(=O)C1. The molecule has 3 nitrogen and oxygen atoms in total. The molecule has 1 aromatic carbocycles. The Balaban J connectivity index is 2.08. The molecular formula is C12H11F2NO2. The average Bonchev–Trinajstić information content (AvgIpc) is 2.27. The summed E-state index contributed by atoms with van der Waals surface area (Å²) in [6.07, 6.45) is 0.235. The Morgan fingerprint density at radius 1 is 1.18 bits per heavy atom. The Labute approximate surface area is 97.0 Å². The topological polar surface area (TPSA) is 37.4 Å². The molecule has 0 bridgehead atoms. The van der Waals surface area contributed by atoms with Gasteiger partial charge in [-0.2, -0.15) is 0 Å². The fourth-order valence-corrected chi connectivity index (χ4v) is 1.78. The van der Waals surface area contributed by atoms with Gasteiger partial charge in [0.25, 0.3) is 0 Å². The van der Waals surface area contributed by atoms with Gasteiger partial charge in [0.1, 0.15) is 5.78 Å². The van der Waals surface area contributed by atoms with Gasteiger partial charge in [-0.05, 0) is 17.7 Å². The fraction of sp³-hybridized carbons (Fsp3) is 0.333. The van der Waals surface area contributed by atoms with Crippen LogP contribution in [0.3, 0.4) is 0 Å². The van der Waals surface area contributed by atoms with Gasteiger partial charge in [-0.25, -0.2) is 8.78 Å². The van der Waals surface area contributed by atoms with E-state index in [-0.39, 0.29) is 24.7 Å². The summed E-state index contributed by atoms with van der Waals surface area (Å²) >= 11 is 0. The summed E-state index contributed by atoms with van der Waals surface area (Å²) in [5.74, 6) is -2.17. The minimum atomic E-state index is -0.928. The van der Waals surface area contributed by atoms with Crippen molar-refractivity contribution in [3.8, 4) is 0 Å². The van der Waals surface area contributed by atoms with E-state index in [1.165, 1.54) is 11.0 Å². The van der Waals surface area contributed by atoms with Crippen LogP contribution in [0.2, 0.25) is 0 Å². The molecular weight excluding hydrogens is 228 g/mol. The smallest absolute Gasteiger partial charge is 0.230 e. The van der Waals surface area contributed by atoms with Crippen LogP contribution in [-0.2, 0) is 16.1 Å². The average molecular weight is 239 g/mol. The number of ketones is 1. The van der Waals surface area contributed by atoms with Gasteiger partial charge in [0, 0.05) is 19.5 Å². The van der Waals surface area contributed by atoms with E-state index in [1.54, 1.807) is 0 Å². The van der Waals surface area contributed by atoms with Crippen LogP contribution in [0, 0.1) is 11.6 Å². The summed E-state index contributed by atoms with van der Waals surface area (Å²) in [7, 11) is 0. The Hall–Kier alpha value is -1.78. The number of halogens is 2. The second-order valence-corrected chi connectivity index (χ2v) is 4.03. The lowest BCUT2D eigenvalue weighted by molar-refractivity contribution is -0.139. The van der Waals surface area contributed by atoms with Crippen LogP contribution in [0.1, 0.15) is 18.4 Å². The third kappa shape index (κ3) is 2.67. The van der Waals surface area contributed by atoms with E-state index in [1.807, 2.05) is 0 Å². The predicted octanol–water partition coefficient (Wildman–Crippen LogP) is 1.66. The molecule has 1 aromatic rings. The number of nitrogens with zero attached hydrogens (tertiary/aromatic N) is 1. The molecule has 0 spiro atoms. The lowest BCUT2D eigenvalue weighted by atomic mass is 10.1. The normalized spacial score (nSPS) is 16.5. The first-order chi connectivity index (χ1) is 8.06. The maximum absolute atomic E-state index is 13.0. The molecule has 0 atom stereocenters. The number of hydrogen-bond donors (Lipinski definition) is 0. The second-order valence-electron chi connectivity index (χ2n) is 4.03. The monoisotopic (exact) mass is 239 g/mol. The summed E-state index contributed by atoms with van der Waals surface area (Å²) in [6.45, 7) is 0.556. The van der Waals surface area contributed by atoms with Crippen LogP contribution in [0.4, 0.5) is 8.78 Å². The van der Waals surface area contributed by atoms with Crippen molar-refractivity contribution >= 4 is 11.7 Å². The van der Waals surface area contributed by atoms with Gasteiger partial charge in [0.2, 0.25) is 5.91 Å². The van der Waals surface area contributed by atoms with Gasteiger partial charge >= 0.3 is 0 Å². The van der Waals surface area contributed by atoms with Gasteiger partial charge in [0.05, 0.1) is 6.42 Å². The van der Waals surface area contributed by atoms with Gasteiger partial charge in [-0.15, -0.1) is 0 Å². The van der Waals surface area contributed by atoms with E-state index >= 15 is 0 Å². The molecule has 90 valence electrons. The highest BCUT2D eigenvalue weighted by Crippen LogP contribution is 2.14. The van der Waals surface area contributed by atoms with E-state index in [9.17, 15) is 18.4 Å². The zero-order chi connectivity index (χ0) is 12.4. The third-order valence-corrected chi connectivity index (χ3v) is 2.72. The first-order valence-electron chi connectivity index (χ1n) is 5.29. The molecule has 1 fully saturated rings. The van der Waals surface area contributed by atoms with E-state index in [0.29, 0.717) is 18.5 Å². The van der Waals surface area contributed by atoms with Crippen LogP contribution < -0.4 is 0 Å². The maximum Gasteiger partial charge on any atom is 0.230 e. The standard InChI is InChI=1S/C12H11F2NO2/c13-10-2-1-8(5-11(10)14)7-15-4-3-9(16)6-12(15)17/h1-2,5H,3-4,6-7H2. The highest BCUT2D eigenvalue weighted by atomic mass is 19.2. The molecule has 0 N–H and O–H groups in total. The van der Waals surface area contributed by atoms with E-state index < -0.39 is 11.6 Å². The first kappa shape index (κ1) is 11.7. The van der Waals surface area contributed by atoms with E-state index in [0.717, 1.165) is 12.1 Å². The van der Waals surface area contributed by atoms with Crippen LogP contribution in [0.5, 0.6) is 0 Å². The summed E-state index contributed by atoms with van der Waals surface area (Å²) in [6, 6.07) is 3.53. The number of piperidine rings is 1. The number of amides is 1. The molecule has 0 saturated carbocycles. The molecule has 0 radical (unpaired) electrons. The number of carbonyl (C=O) groups excluding carboxylic acids is 2. The molecule has 1 aliphatic rings. The zero-order valence-corrected chi connectivity index (χ0v) is 9.08. The lowest BCUT2D eigenvalue weighted by Crippen LogP contribution is -2.38. The van der Waals surface area contributed by atoms with Gasteiger partial charge < -0.3 is 4.90 Å². The van der Waals surface area contributed by atoms with Crippen molar-refractivity contribution in [1.82, 2.24) is 4.90 Å². The molecule has 0 aliphatic carbocycles. The third-order valence-electron chi connectivity index (χ3n) is 2.72. The lowest BCUT2D eigenvalue weighted by Gasteiger charge is -2.26. The van der Waals surface area contributed by atoms with Crippen molar-refractivity contribution in [2.24, 2.45) is 0 Å². The van der Waals surface area contributed by atoms with E-state index in [4.69, 9.17) is 0 Å². The quantitative estimate of drug-likeness (QED) is 0.736. The molecule has 0 unspecified atom stereocenters. The summed E-state index contributed by atoms with van der Waals surface area (Å²) in [4.78, 5) is 24.0. The van der Waals surface area contributed by atoms with Crippen LogP contribution in [0.25, 0.3) is 0 Å². The highest BCUT2D eigenvalue weighted by Gasteiger charge is 2.23. The van der Waals surface area contributed by atoms with Crippen molar-refractivity contribution in [1.29, 1.82) is 0 Å². The molecule has 0 aromatic heterocycles. The van der Waals surface area contributed by atoms with Crippen molar-refractivity contribution in [3.63, 3.8) is 0 Å².